The Morgan fingerprint density at radius 1 is 1.35 bits per heavy atom. The lowest BCUT2D eigenvalue weighted by Crippen LogP contribution is -2.48. The molecular formula is C15H29IN6O. The fourth-order valence-electron chi connectivity index (χ4n) is 1.91. The Balaban J connectivity index is 0.00000484. The fourth-order valence-corrected chi connectivity index (χ4v) is 1.91. The zero-order valence-corrected chi connectivity index (χ0v) is 16.9. The minimum Gasteiger partial charge on any atom is -0.356 e. The Morgan fingerprint density at radius 2 is 2.04 bits per heavy atom. The van der Waals surface area contributed by atoms with Crippen LogP contribution in [-0.2, 0) is 11.3 Å². The van der Waals surface area contributed by atoms with E-state index in [-0.39, 0.29) is 42.0 Å². The van der Waals surface area contributed by atoms with Crippen LogP contribution in [0.1, 0.15) is 27.7 Å². The maximum absolute atomic E-state index is 11.8. The van der Waals surface area contributed by atoms with Crippen LogP contribution in [0.25, 0.3) is 0 Å². The first-order valence-corrected chi connectivity index (χ1v) is 7.53. The summed E-state index contributed by atoms with van der Waals surface area (Å²) in [5, 5.41) is 13.3. The van der Waals surface area contributed by atoms with Crippen molar-refractivity contribution < 1.29 is 4.79 Å². The molecule has 1 aromatic heterocycles. The van der Waals surface area contributed by atoms with Crippen LogP contribution in [0.4, 0.5) is 0 Å². The molecule has 1 amide bonds. The average Bonchev–Trinajstić information content (AvgIpc) is 2.89. The van der Waals surface area contributed by atoms with Crippen molar-refractivity contribution in [2.45, 2.75) is 39.8 Å². The zero-order chi connectivity index (χ0) is 16.6. The number of rotatable bonds is 6. The molecule has 0 bridgehead atoms. The van der Waals surface area contributed by atoms with Gasteiger partial charge in [0.1, 0.15) is 0 Å². The summed E-state index contributed by atoms with van der Waals surface area (Å²) < 4.78 is 1.90. The molecule has 1 rings (SSSR count). The van der Waals surface area contributed by atoms with E-state index in [1.54, 1.807) is 13.2 Å². The minimum absolute atomic E-state index is 0. The van der Waals surface area contributed by atoms with Crippen molar-refractivity contribution in [3.8, 4) is 0 Å². The molecule has 1 atom stereocenters. The predicted molar refractivity (Wildman–Crippen MR) is 104 cm³/mol. The van der Waals surface area contributed by atoms with Gasteiger partial charge in [-0.3, -0.25) is 14.5 Å². The summed E-state index contributed by atoms with van der Waals surface area (Å²) in [5.41, 5.74) is -0.228. The second-order valence-corrected chi connectivity index (χ2v) is 6.44. The molecule has 0 fully saturated rings. The number of guanidine groups is 1. The van der Waals surface area contributed by atoms with Crippen molar-refractivity contribution in [2.75, 3.05) is 20.1 Å². The summed E-state index contributed by atoms with van der Waals surface area (Å²) >= 11 is 0. The molecule has 0 saturated carbocycles. The molecule has 1 unspecified atom stereocenters. The van der Waals surface area contributed by atoms with E-state index in [0.29, 0.717) is 11.9 Å². The summed E-state index contributed by atoms with van der Waals surface area (Å²) in [6, 6.07) is 1.91. The summed E-state index contributed by atoms with van der Waals surface area (Å²) in [7, 11) is 1.69. The molecule has 132 valence electrons. The Labute approximate surface area is 155 Å². The Bertz CT molecular complexity index is 481. The maximum Gasteiger partial charge on any atom is 0.239 e. The Kier molecular flexibility index (Phi) is 9.85. The lowest BCUT2D eigenvalue weighted by atomic mass is 10.1. The van der Waals surface area contributed by atoms with Gasteiger partial charge in [-0.05, 0) is 32.8 Å². The number of aromatic nitrogens is 2. The first kappa shape index (κ1) is 21.7. The van der Waals surface area contributed by atoms with Crippen molar-refractivity contribution in [3.63, 3.8) is 0 Å². The topological polar surface area (TPSA) is 83.3 Å². The van der Waals surface area contributed by atoms with Crippen LogP contribution in [0.3, 0.4) is 0 Å². The molecule has 1 aromatic rings. The molecule has 0 aliphatic carbocycles. The average molecular weight is 436 g/mol. The highest BCUT2D eigenvalue weighted by molar-refractivity contribution is 14.0. The number of amides is 1. The molecule has 0 saturated heterocycles. The fraction of sp³-hybridized carbons (Fsp3) is 0.667. The lowest BCUT2D eigenvalue weighted by Gasteiger charge is -2.21. The van der Waals surface area contributed by atoms with Crippen molar-refractivity contribution in [1.29, 1.82) is 0 Å². The smallest absolute Gasteiger partial charge is 0.239 e. The lowest BCUT2D eigenvalue weighted by molar-refractivity contribution is -0.121. The number of nitrogens with zero attached hydrogens (tertiary/aromatic N) is 3. The number of hydrogen-bond donors (Lipinski definition) is 3. The standard InChI is InChI=1S/C15H28N6O.HI/c1-12(11-21-8-6-7-19-21)9-17-14(16-5)18-10-13(22)20-15(2,3)4;/h6-8,12H,9-11H2,1-5H3,(H,20,22)(H2,16,17,18);1H. The largest absolute Gasteiger partial charge is 0.356 e. The van der Waals surface area contributed by atoms with Gasteiger partial charge in [0.25, 0.3) is 0 Å². The van der Waals surface area contributed by atoms with E-state index < -0.39 is 0 Å². The van der Waals surface area contributed by atoms with Crippen molar-refractivity contribution >= 4 is 35.8 Å². The number of carbonyl (C=O) groups excluding carboxylic acids is 1. The van der Waals surface area contributed by atoms with Crippen LogP contribution in [0, 0.1) is 5.92 Å². The molecular weight excluding hydrogens is 407 g/mol. The number of nitrogens with one attached hydrogen (secondary N) is 3. The van der Waals surface area contributed by atoms with E-state index in [4.69, 9.17) is 0 Å². The quantitative estimate of drug-likeness (QED) is 0.356. The Morgan fingerprint density at radius 3 is 2.57 bits per heavy atom. The maximum atomic E-state index is 11.8. The van der Waals surface area contributed by atoms with Gasteiger partial charge in [0, 0.05) is 38.1 Å². The molecule has 7 nitrogen and oxygen atoms in total. The molecule has 8 heteroatoms. The van der Waals surface area contributed by atoms with Gasteiger partial charge in [-0.1, -0.05) is 6.92 Å². The van der Waals surface area contributed by atoms with Gasteiger partial charge in [-0.2, -0.15) is 5.10 Å². The summed E-state index contributed by atoms with van der Waals surface area (Å²) in [4.78, 5) is 15.9. The molecule has 1 heterocycles. The van der Waals surface area contributed by atoms with Crippen molar-refractivity contribution in [3.05, 3.63) is 18.5 Å². The van der Waals surface area contributed by atoms with Gasteiger partial charge in [0.05, 0.1) is 6.54 Å². The number of carbonyl (C=O) groups is 1. The van der Waals surface area contributed by atoms with E-state index in [1.165, 1.54) is 0 Å². The minimum atomic E-state index is -0.228. The van der Waals surface area contributed by atoms with Crippen molar-refractivity contribution in [2.24, 2.45) is 10.9 Å². The normalized spacial score (nSPS) is 13.0. The number of aliphatic imine (C=N–C) groups is 1. The molecule has 0 radical (unpaired) electrons. The van der Waals surface area contributed by atoms with E-state index in [9.17, 15) is 4.79 Å². The van der Waals surface area contributed by atoms with Crippen LogP contribution in [0.15, 0.2) is 23.5 Å². The predicted octanol–water partition coefficient (Wildman–Crippen LogP) is 1.22. The molecule has 0 aromatic carbocycles. The third-order valence-electron chi connectivity index (χ3n) is 2.83. The molecule has 0 aliphatic heterocycles. The van der Waals surface area contributed by atoms with Gasteiger partial charge in [0.15, 0.2) is 5.96 Å². The second-order valence-electron chi connectivity index (χ2n) is 6.44. The van der Waals surface area contributed by atoms with E-state index in [0.717, 1.165) is 13.1 Å². The summed E-state index contributed by atoms with van der Waals surface area (Å²) in [5.74, 6) is 0.957. The van der Waals surface area contributed by atoms with E-state index in [1.807, 2.05) is 37.7 Å². The molecule has 3 N–H and O–H groups in total. The zero-order valence-electron chi connectivity index (χ0n) is 14.6. The van der Waals surface area contributed by atoms with Gasteiger partial charge >= 0.3 is 0 Å². The number of halogens is 1. The summed E-state index contributed by atoms with van der Waals surface area (Å²) in [6.07, 6.45) is 3.72. The third kappa shape index (κ3) is 10.1. The Hall–Kier alpha value is -1.32. The highest BCUT2D eigenvalue weighted by Crippen LogP contribution is 1.98. The highest BCUT2D eigenvalue weighted by atomic mass is 127. The van der Waals surface area contributed by atoms with Gasteiger partial charge in [-0.25, -0.2) is 0 Å². The third-order valence-corrected chi connectivity index (χ3v) is 2.83. The van der Waals surface area contributed by atoms with Gasteiger partial charge in [0.2, 0.25) is 5.91 Å². The van der Waals surface area contributed by atoms with Crippen molar-refractivity contribution in [1.82, 2.24) is 25.7 Å². The van der Waals surface area contributed by atoms with Crippen LogP contribution in [0.5, 0.6) is 0 Å². The van der Waals surface area contributed by atoms with Crippen LogP contribution >= 0.6 is 24.0 Å². The number of hydrogen-bond acceptors (Lipinski definition) is 3. The van der Waals surface area contributed by atoms with Crippen LogP contribution in [0.2, 0.25) is 0 Å². The van der Waals surface area contributed by atoms with Gasteiger partial charge < -0.3 is 16.0 Å². The first-order chi connectivity index (χ1) is 10.3. The second kappa shape index (κ2) is 10.5. The summed E-state index contributed by atoms with van der Waals surface area (Å²) in [6.45, 7) is 9.78. The van der Waals surface area contributed by atoms with E-state index in [2.05, 4.69) is 33.0 Å². The highest BCUT2D eigenvalue weighted by Gasteiger charge is 2.13. The molecule has 23 heavy (non-hydrogen) atoms. The van der Waals surface area contributed by atoms with Crippen LogP contribution in [-0.4, -0.2) is 47.3 Å². The SMILES string of the molecule is CN=C(NCC(=O)NC(C)(C)C)NCC(C)Cn1cccn1.I. The van der Waals surface area contributed by atoms with E-state index >= 15 is 0 Å². The van der Waals surface area contributed by atoms with Crippen LogP contribution < -0.4 is 16.0 Å². The first-order valence-electron chi connectivity index (χ1n) is 7.53. The monoisotopic (exact) mass is 436 g/mol. The molecule has 0 spiro atoms. The van der Waals surface area contributed by atoms with Gasteiger partial charge in [-0.15, -0.1) is 24.0 Å². The molecule has 0 aliphatic rings.